The lowest BCUT2D eigenvalue weighted by molar-refractivity contribution is 1.16. The molecule has 0 amide bonds. The van der Waals surface area contributed by atoms with Crippen molar-refractivity contribution in [3.63, 3.8) is 0 Å². The Kier molecular flexibility index (Phi) is 10.2. The molecule has 0 spiro atoms. The highest BCUT2D eigenvalue weighted by Gasteiger charge is 2.20. The zero-order chi connectivity index (χ0) is 51.7. The maximum Gasteiger partial charge on any atom is 0.160 e. The molecule has 9 heteroatoms. The van der Waals surface area contributed by atoms with Crippen LogP contribution in [0, 0.1) is 45.3 Å². The van der Waals surface area contributed by atoms with Crippen molar-refractivity contribution < 1.29 is 0 Å². The summed E-state index contributed by atoms with van der Waals surface area (Å²) in [7, 11) is 0. The van der Waals surface area contributed by atoms with Gasteiger partial charge in [-0.2, -0.15) is 21.0 Å². The van der Waals surface area contributed by atoms with Gasteiger partial charge in [-0.15, -0.1) is 0 Å². The number of aromatic nitrogens is 5. The Morgan fingerprint density at radius 2 is 0.584 bits per heavy atom. The van der Waals surface area contributed by atoms with Gasteiger partial charge in [0.1, 0.15) is 0 Å². The fourth-order valence-electron chi connectivity index (χ4n) is 11.1. The van der Waals surface area contributed by atoms with Crippen LogP contribution in [-0.2, 0) is 0 Å². The van der Waals surface area contributed by atoms with E-state index in [-0.39, 0.29) is 0 Å². The predicted molar refractivity (Wildman–Crippen MR) is 306 cm³/mol. The number of benzene rings is 10. The molecule has 10 aromatic carbocycles. The zero-order valence-corrected chi connectivity index (χ0v) is 40.9. The quantitative estimate of drug-likeness (QED) is 0.156. The first-order chi connectivity index (χ1) is 37.9. The molecule has 14 aromatic rings. The zero-order valence-electron chi connectivity index (χ0n) is 40.9. The third-order valence-corrected chi connectivity index (χ3v) is 14.8. The summed E-state index contributed by atoms with van der Waals surface area (Å²) < 4.78 is 6.93. The van der Waals surface area contributed by atoms with Crippen molar-refractivity contribution in [2.45, 2.75) is 0 Å². The van der Waals surface area contributed by atoms with Crippen molar-refractivity contribution in [3.8, 4) is 86.4 Å². The van der Waals surface area contributed by atoms with Gasteiger partial charge < -0.3 is 13.7 Å². The highest BCUT2D eigenvalue weighted by atomic mass is 15.0. The van der Waals surface area contributed by atoms with Gasteiger partial charge in [0.2, 0.25) is 0 Å². The molecule has 4 aromatic heterocycles. The molecule has 0 saturated carbocycles. The molecule has 0 bridgehead atoms. The van der Waals surface area contributed by atoms with Gasteiger partial charge in [0, 0.05) is 66.1 Å². The van der Waals surface area contributed by atoms with Crippen LogP contribution in [0.3, 0.4) is 0 Å². The van der Waals surface area contributed by atoms with Crippen LogP contribution in [-0.4, -0.2) is 23.7 Å². The van der Waals surface area contributed by atoms with E-state index in [4.69, 9.17) is 9.97 Å². The monoisotopic (exact) mass is 979 g/mol. The summed E-state index contributed by atoms with van der Waals surface area (Å²) in [6.07, 6.45) is 0. The molecule has 0 fully saturated rings. The Bertz CT molecular complexity index is 4730. The Hall–Kier alpha value is -11.4. The van der Waals surface area contributed by atoms with Crippen LogP contribution >= 0.6 is 0 Å². The number of hydrogen-bond acceptors (Lipinski definition) is 6. The molecule has 0 N–H and O–H groups in total. The normalized spacial score (nSPS) is 11.3. The Balaban J connectivity index is 0.887. The predicted octanol–water partition coefficient (Wildman–Crippen LogP) is 15.9. The van der Waals surface area contributed by atoms with E-state index in [1.807, 2.05) is 66.7 Å². The largest absolute Gasteiger partial charge is 0.309 e. The minimum Gasteiger partial charge on any atom is -0.309 e. The minimum atomic E-state index is 0.534. The first-order valence-electron chi connectivity index (χ1n) is 25.0. The molecular weight excluding hydrogens is 943 g/mol. The van der Waals surface area contributed by atoms with Gasteiger partial charge in [0.05, 0.1) is 91.0 Å². The topological polar surface area (TPSA) is 136 Å². The number of nitrogens with zero attached hydrogens (tertiary/aromatic N) is 9. The molecule has 0 unspecified atom stereocenters. The van der Waals surface area contributed by atoms with Crippen molar-refractivity contribution >= 4 is 65.4 Å². The summed E-state index contributed by atoms with van der Waals surface area (Å²) in [4.78, 5) is 9.94. The minimum absolute atomic E-state index is 0.534. The van der Waals surface area contributed by atoms with Crippen LogP contribution in [0.25, 0.3) is 128 Å². The van der Waals surface area contributed by atoms with Gasteiger partial charge in [-0.1, -0.05) is 84.9 Å². The summed E-state index contributed by atoms with van der Waals surface area (Å²) in [6.45, 7) is 0. The summed E-state index contributed by atoms with van der Waals surface area (Å²) in [5, 5.41) is 45.1. The number of nitriles is 4. The number of para-hydroxylation sites is 2. The molecule has 0 aliphatic rings. The molecule has 14 rings (SSSR count). The third-order valence-electron chi connectivity index (χ3n) is 14.8. The van der Waals surface area contributed by atoms with Crippen LogP contribution in [0.15, 0.2) is 224 Å². The van der Waals surface area contributed by atoms with Gasteiger partial charge in [-0.25, -0.2) is 9.97 Å². The fourth-order valence-corrected chi connectivity index (χ4v) is 11.1. The van der Waals surface area contributed by atoms with E-state index in [1.165, 1.54) is 10.8 Å². The molecule has 0 aliphatic heterocycles. The van der Waals surface area contributed by atoms with Gasteiger partial charge in [0.25, 0.3) is 0 Å². The van der Waals surface area contributed by atoms with Crippen molar-refractivity contribution in [3.05, 3.63) is 247 Å². The lowest BCUT2D eigenvalue weighted by Gasteiger charge is -2.12. The van der Waals surface area contributed by atoms with Gasteiger partial charge in [0.15, 0.2) is 5.82 Å². The highest BCUT2D eigenvalue weighted by Crippen LogP contribution is 2.41. The molecular formula is C68H37N9. The van der Waals surface area contributed by atoms with Crippen molar-refractivity contribution in [1.82, 2.24) is 23.7 Å². The molecule has 0 saturated heterocycles. The summed E-state index contributed by atoms with van der Waals surface area (Å²) in [6, 6.07) is 84.8. The van der Waals surface area contributed by atoms with Crippen molar-refractivity contribution in [2.24, 2.45) is 0 Å². The van der Waals surface area contributed by atoms with E-state index >= 15 is 0 Å². The van der Waals surface area contributed by atoms with Crippen LogP contribution in [0.4, 0.5) is 0 Å². The van der Waals surface area contributed by atoms with Gasteiger partial charge in [-0.05, 0) is 151 Å². The number of fused-ring (bicyclic) bond motifs is 9. The summed E-state index contributed by atoms with van der Waals surface area (Å²) in [5.41, 5.74) is 17.7. The molecule has 9 nitrogen and oxygen atoms in total. The van der Waals surface area contributed by atoms with Crippen LogP contribution in [0.5, 0.6) is 0 Å². The average molecular weight is 980 g/mol. The average Bonchev–Trinajstić information content (AvgIpc) is 4.31. The first kappa shape index (κ1) is 44.3. The lowest BCUT2D eigenvalue weighted by Crippen LogP contribution is -1.97. The van der Waals surface area contributed by atoms with E-state index in [0.29, 0.717) is 28.1 Å². The van der Waals surface area contributed by atoms with Crippen LogP contribution in [0.2, 0.25) is 0 Å². The van der Waals surface area contributed by atoms with Crippen molar-refractivity contribution in [2.75, 3.05) is 0 Å². The van der Waals surface area contributed by atoms with E-state index in [9.17, 15) is 21.0 Å². The second-order valence-corrected chi connectivity index (χ2v) is 19.1. The van der Waals surface area contributed by atoms with Gasteiger partial charge in [-0.3, -0.25) is 0 Å². The van der Waals surface area contributed by atoms with Gasteiger partial charge >= 0.3 is 0 Å². The maximum atomic E-state index is 9.91. The van der Waals surface area contributed by atoms with Crippen LogP contribution < -0.4 is 0 Å². The van der Waals surface area contributed by atoms with E-state index in [2.05, 4.69) is 171 Å². The summed E-state index contributed by atoms with van der Waals surface area (Å²) in [5.74, 6) is 0.534. The van der Waals surface area contributed by atoms with Crippen molar-refractivity contribution in [1.29, 1.82) is 21.0 Å². The highest BCUT2D eigenvalue weighted by molar-refractivity contribution is 6.14. The molecule has 0 aliphatic carbocycles. The molecule has 77 heavy (non-hydrogen) atoms. The second kappa shape index (κ2) is 17.7. The number of rotatable bonds is 7. The third kappa shape index (κ3) is 7.28. The molecule has 0 atom stereocenters. The fraction of sp³-hybridized carbons (Fsp3) is 0. The molecule has 0 radical (unpaired) electrons. The Morgan fingerprint density at radius 1 is 0.260 bits per heavy atom. The molecule has 4 heterocycles. The Morgan fingerprint density at radius 3 is 1.04 bits per heavy atom. The van der Waals surface area contributed by atoms with E-state index in [1.54, 1.807) is 24.3 Å². The van der Waals surface area contributed by atoms with E-state index in [0.717, 1.165) is 111 Å². The van der Waals surface area contributed by atoms with Crippen LogP contribution in [0.1, 0.15) is 22.3 Å². The summed E-state index contributed by atoms with van der Waals surface area (Å²) >= 11 is 0. The SMILES string of the molecule is N#Cc1ccc(-c2cc(-c3ccc(-c4ccc(-n5c6ccc(-n7c8ccccc8c8ccccc87)cc6c6cc(-n7c8ccc(C#N)cc8c8cc(C#N)ccc87)ccc65)cc4)cc3)nc(-c3ccc(C#N)cc3)n2)cc1. The van der Waals surface area contributed by atoms with E-state index < -0.39 is 0 Å². The maximum absolute atomic E-state index is 9.91. The molecule has 354 valence electrons. The standard InChI is InChI=1S/C68H37N9/c69-38-42-9-15-48(16-10-42)60-37-61(74-68(73-60)50-17-11-43(39-70)12-18-50)49-21-19-46(20-22-49)47-23-25-51(26-24-47)75-66-31-27-52(76-62-7-3-1-5-54(62)55-6-2-4-8-63(55)76)35-58(66)59-36-53(28-32-67(59)75)77-64-29-13-44(40-71)33-56(64)57-34-45(41-72)14-30-65(57)77/h1-37H. The lowest BCUT2D eigenvalue weighted by atomic mass is 10.0. The number of hydrogen-bond donors (Lipinski definition) is 0. The smallest absolute Gasteiger partial charge is 0.160 e. The first-order valence-corrected chi connectivity index (χ1v) is 25.0. The Labute approximate surface area is 441 Å². The second-order valence-electron chi connectivity index (χ2n) is 19.1.